The van der Waals surface area contributed by atoms with E-state index in [1.807, 2.05) is 0 Å². The van der Waals surface area contributed by atoms with Crippen molar-refractivity contribution in [3.8, 4) is 0 Å². The Morgan fingerprint density at radius 3 is 0.571 bits per heavy atom. The number of isocyanates is 4. The second-order valence-corrected chi connectivity index (χ2v) is 0.365. The second-order valence-electron chi connectivity index (χ2n) is 0.365. The van der Waals surface area contributed by atoms with Crippen molar-refractivity contribution in [2.75, 3.05) is 0 Å². The van der Waals surface area contributed by atoms with Crippen LogP contribution in [0.3, 0.4) is 0 Å². The van der Waals surface area contributed by atoms with E-state index in [-0.39, 0.29) is 68.7 Å². The molecule has 0 rings (SSSR count). The van der Waals surface area contributed by atoms with Crippen molar-refractivity contribution in [3.63, 3.8) is 0 Å². The molecule has 8 nitrogen and oxygen atoms in total. The number of nitrogens with zero attached hydrogens (tertiary/aromatic N) is 4. The van der Waals surface area contributed by atoms with Crippen molar-refractivity contribution in [2.45, 2.75) is 0 Å². The minimum Gasteiger partial charge on any atom is -0.724 e. The molecule has 0 spiro atoms. The number of carbonyl (C=O) groups excluding carboxylic acids is 4. The number of hydrogen-bond donors (Lipinski definition) is 0. The predicted molar refractivity (Wildman–Crippen MR) is 42.0 cm³/mol. The molecule has 14 heavy (non-hydrogen) atoms. The Morgan fingerprint density at radius 1 is 0.571 bits per heavy atom. The van der Waals surface area contributed by atoms with Crippen LogP contribution in [-0.2, 0) is 19.2 Å². The second kappa shape index (κ2) is 127. The molecule has 0 aromatic rings. The van der Waals surface area contributed by atoms with Gasteiger partial charge in [0.25, 0.3) is 0 Å². The molecule has 0 aliphatic carbocycles. The van der Waals surface area contributed by atoms with E-state index in [0.29, 0.717) is 24.3 Å². The monoisotopic (exact) mass is 234 g/mol. The van der Waals surface area contributed by atoms with E-state index in [9.17, 15) is 0 Å². The standard InChI is InChI=1S/4CNO.Al.K/c4*2-1-3;;/q4*-1;+3;+1. The third-order valence-corrected chi connectivity index (χ3v) is 0. The van der Waals surface area contributed by atoms with Crippen LogP contribution in [0.4, 0.5) is 0 Å². The Kier molecular flexibility index (Phi) is 339. The van der Waals surface area contributed by atoms with Crippen LogP contribution in [-0.4, -0.2) is 41.7 Å². The molecule has 0 radical (unpaired) electrons. The molecule has 0 heterocycles. The van der Waals surface area contributed by atoms with E-state index >= 15 is 0 Å². The van der Waals surface area contributed by atoms with E-state index in [1.165, 1.54) is 0 Å². The topological polar surface area (TPSA) is 157 Å². The van der Waals surface area contributed by atoms with Crippen molar-refractivity contribution >= 4 is 41.7 Å². The van der Waals surface area contributed by atoms with Crippen LogP contribution in [0, 0.1) is 0 Å². The van der Waals surface area contributed by atoms with Gasteiger partial charge in [0.15, 0.2) is 0 Å². The molecule has 0 aliphatic heterocycles. The van der Waals surface area contributed by atoms with Crippen LogP contribution in [0.5, 0.6) is 0 Å². The Morgan fingerprint density at radius 2 is 0.571 bits per heavy atom. The van der Waals surface area contributed by atoms with Gasteiger partial charge in [-0.1, -0.05) is 0 Å². The fourth-order valence-electron chi connectivity index (χ4n) is 0. The van der Waals surface area contributed by atoms with Gasteiger partial charge in [-0.15, -0.1) is 0 Å². The summed E-state index contributed by atoms with van der Waals surface area (Å²) in [7, 11) is 0. The zero-order valence-corrected chi connectivity index (χ0v) is 11.3. The molecular weight excluding hydrogens is 234 g/mol. The molecule has 64 valence electrons. The number of rotatable bonds is 0. The van der Waals surface area contributed by atoms with E-state index in [0.717, 1.165) is 0 Å². The van der Waals surface area contributed by atoms with Gasteiger partial charge in [-0.05, 0) is 24.3 Å². The molecule has 0 aromatic carbocycles. The van der Waals surface area contributed by atoms with Crippen molar-refractivity contribution in [3.05, 3.63) is 21.6 Å². The van der Waals surface area contributed by atoms with Crippen molar-refractivity contribution in [2.24, 2.45) is 0 Å². The molecular formula is C4AlKN4O4. The quantitative estimate of drug-likeness (QED) is 0.239. The molecule has 0 saturated carbocycles. The molecule has 0 atom stereocenters. The van der Waals surface area contributed by atoms with E-state index < -0.39 is 0 Å². The average molecular weight is 234 g/mol. The first-order valence-corrected chi connectivity index (χ1v) is 1.71. The zero-order valence-electron chi connectivity index (χ0n) is 7.00. The van der Waals surface area contributed by atoms with Crippen LogP contribution in [0.2, 0.25) is 0 Å². The smallest absolute Gasteiger partial charge is 0.724 e. The maximum Gasteiger partial charge on any atom is 3.00 e. The third kappa shape index (κ3) is 13800. The largest absolute Gasteiger partial charge is 3.00 e. The Hall–Kier alpha value is -0.311. The van der Waals surface area contributed by atoms with Gasteiger partial charge >= 0.3 is 68.7 Å². The molecule has 0 bridgehead atoms. The summed E-state index contributed by atoms with van der Waals surface area (Å²) in [5, 5.41) is 27.1. The van der Waals surface area contributed by atoms with Crippen molar-refractivity contribution < 1.29 is 70.6 Å². The van der Waals surface area contributed by atoms with Crippen molar-refractivity contribution in [1.29, 1.82) is 0 Å². The Balaban J connectivity index is -0.0000000145. The summed E-state index contributed by atoms with van der Waals surface area (Å²) in [6, 6.07) is 0. The normalized spacial score (nSPS) is 2.29. The van der Waals surface area contributed by atoms with Gasteiger partial charge in [0.05, 0.1) is 0 Å². The summed E-state index contributed by atoms with van der Waals surface area (Å²) in [5.74, 6) is 0. The van der Waals surface area contributed by atoms with Crippen LogP contribution in [0.25, 0.3) is 21.6 Å². The Bertz CT molecular complexity index is 161. The summed E-state index contributed by atoms with van der Waals surface area (Å²) >= 11 is 0. The maximum atomic E-state index is 8.24. The van der Waals surface area contributed by atoms with Gasteiger partial charge in [-0.3, -0.25) is 19.2 Å². The van der Waals surface area contributed by atoms with Crippen LogP contribution < -0.4 is 51.4 Å². The van der Waals surface area contributed by atoms with Gasteiger partial charge in [0.1, 0.15) is 0 Å². The van der Waals surface area contributed by atoms with Crippen LogP contribution in [0.15, 0.2) is 0 Å². The van der Waals surface area contributed by atoms with Gasteiger partial charge in [0.2, 0.25) is 0 Å². The molecule has 0 fully saturated rings. The molecule has 0 amide bonds. The molecule has 0 saturated heterocycles. The molecule has 0 unspecified atom stereocenters. The van der Waals surface area contributed by atoms with E-state index in [4.69, 9.17) is 40.8 Å². The predicted octanol–water partition coefficient (Wildman–Crippen LogP) is -3.81. The minimum absolute atomic E-state index is 0. The summed E-state index contributed by atoms with van der Waals surface area (Å²) in [5.41, 5.74) is 0. The maximum absolute atomic E-state index is 8.24. The summed E-state index contributed by atoms with van der Waals surface area (Å²) in [6.07, 6.45) is 2.00. The fourth-order valence-corrected chi connectivity index (χ4v) is 0. The van der Waals surface area contributed by atoms with Gasteiger partial charge in [0, 0.05) is 0 Å². The minimum atomic E-state index is 0. The summed E-state index contributed by atoms with van der Waals surface area (Å²) in [4.78, 5) is 32.9. The molecule has 10 heteroatoms. The molecule has 0 aromatic heterocycles. The summed E-state index contributed by atoms with van der Waals surface area (Å²) < 4.78 is 0. The first kappa shape index (κ1) is 37.3. The van der Waals surface area contributed by atoms with E-state index in [2.05, 4.69) is 0 Å². The van der Waals surface area contributed by atoms with Crippen molar-refractivity contribution in [1.82, 2.24) is 0 Å². The van der Waals surface area contributed by atoms with Crippen LogP contribution >= 0.6 is 0 Å². The Labute approximate surface area is 132 Å². The third-order valence-electron chi connectivity index (χ3n) is 0. The first-order chi connectivity index (χ1) is 5.66. The average Bonchev–Trinajstić information content (AvgIpc) is 1.92. The molecule has 0 N–H and O–H groups in total. The van der Waals surface area contributed by atoms with Gasteiger partial charge in [-0.25, -0.2) is 0 Å². The molecule has 0 aliphatic rings. The van der Waals surface area contributed by atoms with E-state index in [1.54, 1.807) is 0 Å². The SMILES string of the molecule is [Al+3].[K+].[N-]=C=O.[N-]=C=O.[N-]=C=O.[N-]=C=O. The fraction of sp³-hybridized carbons (Fsp3) is 0. The zero-order chi connectivity index (χ0) is 10.8. The summed E-state index contributed by atoms with van der Waals surface area (Å²) in [6.45, 7) is 0. The van der Waals surface area contributed by atoms with Crippen LogP contribution in [0.1, 0.15) is 0 Å². The number of hydrogen-bond acceptors (Lipinski definition) is 4. The van der Waals surface area contributed by atoms with Gasteiger partial charge in [-0.2, -0.15) is 0 Å². The van der Waals surface area contributed by atoms with Gasteiger partial charge < -0.3 is 21.6 Å². The first-order valence-electron chi connectivity index (χ1n) is 1.71.